The number of methoxy groups -OCH3 is 3. The van der Waals surface area contributed by atoms with E-state index in [2.05, 4.69) is 5.32 Å². The van der Waals surface area contributed by atoms with Gasteiger partial charge in [-0.15, -0.1) is 0 Å². The van der Waals surface area contributed by atoms with E-state index in [1.165, 1.54) is 0 Å². The number of nitrogens with zero attached hydrogens (tertiary/aromatic N) is 1. The van der Waals surface area contributed by atoms with Crippen LogP contribution in [0.1, 0.15) is 30.4 Å². The molecule has 7 nitrogen and oxygen atoms in total. The summed E-state index contributed by atoms with van der Waals surface area (Å²) in [5.74, 6) is 1.82. The van der Waals surface area contributed by atoms with Crippen LogP contribution in [0.15, 0.2) is 42.5 Å². The fraction of sp³-hybridized carbons (Fsp3) is 0.440. The fourth-order valence-electron chi connectivity index (χ4n) is 4.27. The molecule has 0 aliphatic carbocycles. The van der Waals surface area contributed by atoms with Crippen molar-refractivity contribution < 1.29 is 23.8 Å². The topological polar surface area (TPSA) is 77.1 Å². The molecule has 1 fully saturated rings. The zero-order valence-electron chi connectivity index (χ0n) is 19.2. The molecule has 1 aliphatic rings. The van der Waals surface area contributed by atoms with E-state index in [4.69, 9.17) is 14.2 Å². The van der Waals surface area contributed by atoms with E-state index < -0.39 is 0 Å². The van der Waals surface area contributed by atoms with E-state index in [1.54, 1.807) is 33.2 Å². The van der Waals surface area contributed by atoms with Crippen molar-refractivity contribution in [2.45, 2.75) is 25.7 Å². The standard InChI is InChI=1S/C25H32N2O5/c1-17(28)27-15-20(19-9-10-23(31-3)24(14-19)32-4)13-21(16-27)25(29)26-12-11-18-7-5-6-8-22(18)30-2/h5-10,14,20-21H,11-13,15-16H2,1-4H3,(H,26,29)/t20-,21+/m0/s1. The molecule has 2 amide bonds. The molecule has 3 rings (SSSR count). The highest BCUT2D eigenvalue weighted by Crippen LogP contribution is 2.35. The Morgan fingerprint density at radius 2 is 1.69 bits per heavy atom. The Bertz CT molecular complexity index is 946. The molecule has 0 aromatic heterocycles. The summed E-state index contributed by atoms with van der Waals surface area (Å²) in [6.07, 6.45) is 1.34. The molecule has 0 bridgehead atoms. The van der Waals surface area contributed by atoms with Crippen molar-refractivity contribution in [1.29, 1.82) is 0 Å². The monoisotopic (exact) mass is 440 g/mol. The van der Waals surface area contributed by atoms with Crippen LogP contribution in [0.4, 0.5) is 0 Å². The van der Waals surface area contributed by atoms with Crippen molar-refractivity contribution in [3.63, 3.8) is 0 Å². The van der Waals surface area contributed by atoms with Crippen LogP contribution in [0, 0.1) is 5.92 Å². The minimum atomic E-state index is -0.275. The molecule has 1 saturated heterocycles. The normalized spacial score (nSPS) is 18.1. The van der Waals surface area contributed by atoms with Gasteiger partial charge in [0.2, 0.25) is 11.8 Å². The third-order valence-corrected chi connectivity index (χ3v) is 6.03. The van der Waals surface area contributed by atoms with Crippen molar-refractivity contribution in [3.05, 3.63) is 53.6 Å². The van der Waals surface area contributed by atoms with Gasteiger partial charge in [0.25, 0.3) is 0 Å². The number of ether oxygens (including phenoxy) is 3. The number of hydrogen-bond donors (Lipinski definition) is 1. The molecule has 2 aromatic rings. The highest BCUT2D eigenvalue weighted by molar-refractivity contribution is 5.81. The Morgan fingerprint density at radius 1 is 0.969 bits per heavy atom. The number of piperidine rings is 1. The Hall–Kier alpha value is -3.22. The summed E-state index contributed by atoms with van der Waals surface area (Å²) in [6.45, 7) is 3.07. The maximum absolute atomic E-state index is 13.0. The van der Waals surface area contributed by atoms with Crippen molar-refractivity contribution in [3.8, 4) is 17.2 Å². The van der Waals surface area contributed by atoms with Crippen LogP contribution in [-0.2, 0) is 16.0 Å². The number of carbonyl (C=O) groups is 2. The summed E-state index contributed by atoms with van der Waals surface area (Å²) < 4.78 is 16.1. The van der Waals surface area contributed by atoms with Gasteiger partial charge in [-0.05, 0) is 42.2 Å². The van der Waals surface area contributed by atoms with Crippen LogP contribution in [0.25, 0.3) is 0 Å². The predicted octanol–water partition coefficient (Wildman–Crippen LogP) is 3.02. The number of para-hydroxylation sites is 1. The number of amides is 2. The molecule has 2 atom stereocenters. The molecule has 32 heavy (non-hydrogen) atoms. The predicted molar refractivity (Wildman–Crippen MR) is 122 cm³/mol. The van der Waals surface area contributed by atoms with Gasteiger partial charge in [0.1, 0.15) is 5.75 Å². The van der Waals surface area contributed by atoms with Gasteiger partial charge < -0.3 is 24.4 Å². The SMILES string of the molecule is COc1ccccc1CCNC(=O)[C@@H]1C[C@H](c2ccc(OC)c(OC)c2)CN(C(C)=O)C1. The summed E-state index contributed by atoms with van der Waals surface area (Å²) >= 11 is 0. The molecule has 1 N–H and O–H groups in total. The van der Waals surface area contributed by atoms with Crippen LogP contribution in [0.5, 0.6) is 17.2 Å². The lowest BCUT2D eigenvalue weighted by Gasteiger charge is -2.37. The first-order valence-electron chi connectivity index (χ1n) is 10.8. The molecule has 0 saturated carbocycles. The van der Waals surface area contributed by atoms with Crippen LogP contribution in [-0.4, -0.2) is 57.7 Å². The highest BCUT2D eigenvalue weighted by Gasteiger charge is 2.33. The number of benzene rings is 2. The van der Waals surface area contributed by atoms with Gasteiger partial charge in [0.15, 0.2) is 11.5 Å². The first-order chi connectivity index (χ1) is 15.5. The molecular formula is C25H32N2O5. The maximum Gasteiger partial charge on any atom is 0.224 e. The molecule has 0 spiro atoms. The minimum absolute atomic E-state index is 0.0259. The number of nitrogens with one attached hydrogen (secondary N) is 1. The van der Waals surface area contributed by atoms with Gasteiger partial charge in [-0.25, -0.2) is 0 Å². The molecule has 1 heterocycles. The van der Waals surface area contributed by atoms with Crippen LogP contribution >= 0.6 is 0 Å². The largest absolute Gasteiger partial charge is 0.496 e. The molecule has 172 valence electrons. The van der Waals surface area contributed by atoms with E-state index in [1.807, 2.05) is 42.5 Å². The smallest absolute Gasteiger partial charge is 0.224 e. The minimum Gasteiger partial charge on any atom is -0.496 e. The third kappa shape index (κ3) is 5.52. The van der Waals surface area contributed by atoms with Crippen molar-refractivity contribution >= 4 is 11.8 Å². The second kappa shape index (κ2) is 10.9. The van der Waals surface area contributed by atoms with Gasteiger partial charge in [-0.3, -0.25) is 9.59 Å². The van der Waals surface area contributed by atoms with Crippen LogP contribution in [0.3, 0.4) is 0 Å². The van der Waals surface area contributed by atoms with Crippen LogP contribution in [0.2, 0.25) is 0 Å². The highest BCUT2D eigenvalue weighted by atomic mass is 16.5. The summed E-state index contributed by atoms with van der Waals surface area (Å²) in [5.41, 5.74) is 2.08. The zero-order valence-corrected chi connectivity index (χ0v) is 19.2. The summed E-state index contributed by atoms with van der Waals surface area (Å²) in [4.78, 5) is 26.9. The molecule has 2 aromatic carbocycles. The first kappa shape index (κ1) is 23.4. The van der Waals surface area contributed by atoms with Gasteiger partial charge in [0.05, 0.1) is 27.2 Å². The van der Waals surface area contributed by atoms with Crippen molar-refractivity contribution in [2.24, 2.45) is 5.92 Å². The Balaban J connectivity index is 1.69. The van der Waals surface area contributed by atoms with Gasteiger partial charge in [-0.2, -0.15) is 0 Å². The average Bonchev–Trinajstić information content (AvgIpc) is 2.83. The summed E-state index contributed by atoms with van der Waals surface area (Å²) in [7, 11) is 4.84. The van der Waals surface area contributed by atoms with E-state index in [9.17, 15) is 9.59 Å². The summed E-state index contributed by atoms with van der Waals surface area (Å²) in [6, 6.07) is 13.6. The Labute approximate surface area is 189 Å². The molecule has 7 heteroatoms. The maximum atomic E-state index is 13.0. The third-order valence-electron chi connectivity index (χ3n) is 6.03. The van der Waals surface area contributed by atoms with Crippen molar-refractivity contribution in [1.82, 2.24) is 10.2 Å². The molecule has 1 aliphatic heterocycles. The lowest BCUT2D eigenvalue weighted by atomic mass is 9.83. The van der Waals surface area contributed by atoms with Gasteiger partial charge in [-0.1, -0.05) is 24.3 Å². The quantitative estimate of drug-likeness (QED) is 0.683. The zero-order chi connectivity index (χ0) is 23.1. The lowest BCUT2D eigenvalue weighted by molar-refractivity contribution is -0.134. The van der Waals surface area contributed by atoms with E-state index in [0.717, 1.165) is 16.9 Å². The van der Waals surface area contributed by atoms with Gasteiger partial charge >= 0.3 is 0 Å². The molecule has 0 unspecified atom stereocenters. The van der Waals surface area contributed by atoms with E-state index in [0.29, 0.717) is 44.0 Å². The van der Waals surface area contributed by atoms with E-state index in [-0.39, 0.29) is 23.7 Å². The van der Waals surface area contributed by atoms with Crippen molar-refractivity contribution in [2.75, 3.05) is 41.0 Å². The van der Waals surface area contributed by atoms with Crippen LogP contribution < -0.4 is 19.5 Å². The number of rotatable bonds is 8. The Kier molecular flexibility index (Phi) is 7.98. The lowest BCUT2D eigenvalue weighted by Crippen LogP contribution is -2.47. The average molecular weight is 441 g/mol. The Morgan fingerprint density at radius 3 is 2.38 bits per heavy atom. The first-order valence-corrected chi connectivity index (χ1v) is 10.8. The number of hydrogen-bond acceptors (Lipinski definition) is 5. The molecule has 0 radical (unpaired) electrons. The van der Waals surface area contributed by atoms with Gasteiger partial charge in [0, 0.05) is 32.5 Å². The van der Waals surface area contributed by atoms with E-state index >= 15 is 0 Å². The second-order valence-corrected chi connectivity index (χ2v) is 8.02. The number of carbonyl (C=O) groups excluding carboxylic acids is 2. The second-order valence-electron chi connectivity index (χ2n) is 8.02. The molecular weight excluding hydrogens is 408 g/mol. The summed E-state index contributed by atoms with van der Waals surface area (Å²) in [5, 5.41) is 3.05. The fourth-order valence-corrected chi connectivity index (χ4v) is 4.27. The number of likely N-dealkylation sites (tertiary alicyclic amines) is 1.